The highest BCUT2D eigenvalue weighted by Gasteiger charge is 2.31. The summed E-state index contributed by atoms with van der Waals surface area (Å²) in [4.78, 5) is 0. The number of hydrogen-bond donors (Lipinski definition) is 1. The molecule has 1 aliphatic rings. The maximum absolute atomic E-state index is 5.23. The second kappa shape index (κ2) is 8.12. The van der Waals surface area contributed by atoms with E-state index in [1.165, 1.54) is 32.1 Å². The lowest BCUT2D eigenvalue weighted by Gasteiger charge is -2.39. The first kappa shape index (κ1) is 15.9. The Bertz CT molecular complexity index is 259. The molecule has 18 heavy (non-hydrogen) atoms. The summed E-state index contributed by atoms with van der Waals surface area (Å²) in [5.41, 5.74) is 0.535. The zero-order valence-corrected chi connectivity index (χ0v) is 13.1. The van der Waals surface area contributed by atoms with E-state index in [-0.39, 0.29) is 0 Å². The molecule has 1 rings (SSSR count). The molecule has 0 bridgehead atoms. The van der Waals surface area contributed by atoms with Crippen LogP contribution in [0.15, 0.2) is 0 Å². The fourth-order valence-corrected chi connectivity index (χ4v) is 3.36. The lowest BCUT2D eigenvalue weighted by Crippen LogP contribution is -2.37. The van der Waals surface area contributed by atoms with E-state index in [1.54, 1.807) is 0 Å². The van der Waals surface area contributed by atoms with Gasteiger partial charge < -0.3 is 5.32 Å². The zero-order chi connectivity index (χ0) is 13.4. The molecule has 2 heteroatoms. The minimum atomic E-state index is 0.535. The lowest BCUT2D eigenvalue weighted by molar-refractivity contribution is 0.137. The molecule has 0 aliphatic heterocycles. The minimum absolute atomic E-state index is 0.535. The monoisotopic (exact) mass is 267 g/mol. The highest BCUT2D eigenvalue weighted by molar-refractivity contribution is 7.99. The second-order valence-corrected chi connectivity index (χ2v) is 7.21. The molecule has 0 radical (unpaired) electrons. The van der Waals surface area contributed by atoms with Gasteiger partial charge in [0.1, 0.15) is 0 Å². The van der Waals surface area contributed by atoms with Gasteiger partial charge in [-0.1, -0.05) is 33.1 Å². The van der Waals surface area contributed by atoms with Crippen molar-refractivity contribution in [1.82, 2.24) is 5.32 Å². The van der Waals surface area contributed by atoms with Gasteiger partial charge in [-0.2, -0.15) is 0 Å². The molecule has 1 saturated carbocycles. The third-order valence-electron chi connectivity index (χ3n) is 4.61. The van der Waals surface area contributed by atoms with Crippen molar-refractivity contribution in [2.75, 3.05) is 18.1 Å². The van der Waals surface area contributed by atoms with Crippen LogP contribution >= 0.6 is 11.8 Å². The molecule has 1 N–H and O–H groups in total. The summed E-state index contributed by atoms with van der Waals surface area (Å²) in [6.45, 7) is 8.30. The predicted octanol–water partition coefficient (Wildman–Crippen LogP) is 3.94. The van der Waals surface area contributed by atoms with E-state index in [4.69, 9.17) is 6.42 Å². The van der Waals surface area contributed by atoms with Crippen LogP contribution in [0.25, 0.3) is 0 Å². The van der Waals surface area contributed by atoms with E-state index >= 15 is 0 Å². The van der Waals surface area contributed by atoms with Crippen LogP contribution in [0, 0.1) is 23.7 Å². The number of hydrogen-bond acceptors (Lipinski definition) is 2. The van der Waals surface area contributed by atoms with Gasteiger partial charge in [-0.05, 0) is 37.0 Å². The highest BCUT2D eigenvalue weighted by Crippen LogP contribution is 2.40. The molecule has 104 valence electrons. The summed E-state index contributed by atoms with van der Waals surface area (Å²) in [5.74, 6) is 5.59. The van der Waals surface area contributed by atoms with Crippen molar-refractivity contribution < 1.29 is 0 Å². The van der Waals surface area contributed by atoms with E-state index in [1.807, 2.05) is 11.8 Å². The Kier molecular flexibility index (Phi) is 7.19. The number of terminal acetylenes is 1. The first-order valence-electron chi connectivity index (χ1n) is 7.34. The molecule has 0 heterocycles. The molecule has 0 atom stereocenters. The Labute approximate surface area is 118 Å². The molecule has 0 unspecified atom stereocenters. The highest BCUT2D eigenvalue weighted by atomic mass is 32.2. The van der Waals surface area contributed by atoms with Crippen LogP contribution in [0.1, 0.15) is 52.9 Å². The minimum Gasteiger partial charge on any atom is -0.313 e. The molecule has 0 aromatic heterocycles. The van der Waals surface area contributed by atoms with Gasteiger partial charge in [-0.3, -0.25) is 0 Å². The van der Waals surface area contributed by atoms with Crippen LogP contribution in [0.3, 0.4) is 0 Å². The molecule has 1 fully saturated rings. The molecular formula is C16H29NS. The molecule has 0 amide bonds. The van der Waals surface area contributed by atoms with Crippen LogP contribution in [-0.4, -0.2) is 24.1 Å². The first-order valence-corrected chi connectivity index (χ1v) is 8.50. The summed E-state index contributed by atoms with van der Waals surface area (Å²) in [6.07, 6.45) is 12.0. The fraction of sp³-hybridized carbons (Fsp3) is 0.875. The molecular weight excluding hydrogens is 238 g/mol. The maximum Gasteiger partial charge on any atom is 0.0545 e. The predicted molar refractivity (Wildman–Crippen MR) is 84.0 cm³/mol. The summed E-state index contributed by atoms with van der Waals surface area (Å²) in [7, 11) is 0. The average molecular weight is 267 g/mol. The van der Waals surface area contributed by atoms with Gasteiger partial charge in [0.2, 0.25) is 0 Å². The van der Waals surface area contributed by atoms with Crippen LogP contribution in [-0.2, 0) is 0 Å². The van der Waals surface area contributed by atoms with Gasteiger partial charge in [0.15, 0.2) is 0 Å². The van der Waals surface area contributed by atoms with Gasteiger partial charge in [0, 0.05) is 18.3 Å². The van der Waals surface area contributed by atoms with Gasteiger partial charge in [-0.25, -0.2) is 0 Å². The van der Waals surface area contributed by atoms with Crippen LogP contribution in [0.2, 0.25) is 0 Å². The lowest BCUT2D eigenvalue weighted by atomic mass is 9.69. The number of rotatable bonds is 7. The Morgan fingerprint density at radius 3 is 2.50 bits per heavy atom. The topological polar surface area (TPSA) is 12.0 Å². The van der Waals surface area contributed by atoms with Gasteiger partial charge in [-0.15, -0.1) is 18.2 Å². The van der Waals surface area contributed by atoms with E-state index in [0.717, 1.165) is 30.0 Å². The van der Waals surface area contributed by atoms with Crippen LogP contribution < -0.4 is 5.32 Å². The van der Waals surface area contributed by atoms with Crippen LogP contribution in [0.4, 0.5) is 0 Å². The molecule has 0 aromatic rings. The van der Waals surface area contributed by atoms with Crippen molar-refractivity contribution in [1.29, 1.82) is 0 Å². The van der Waals surface area contributed by atoms with E-state index < -0.39 is 0 Å². The van der Waals surface area contributed by atoms with Crippen molar-refractivity contribution in [3.05, 3.63) is 0 Å². The quantitative estimate of drug-likeness (QED) is 0.554. The smallest absolute Gasteiger partial charge is 0.0545 e. The van der Waals surface area contributed by atoms with E-state index in [2.05, 4.69) is 32.0 Å². The number of nitrogens with one attached hydrogen (secondary N) is 1. The van der Waals surface area contributed by atoms with E-state index in [9.17, 15) is 0 Å². The standard InChI is InChI=1S/C16H29NS/c1-5-12-18-13-11-17-15-9-7-14(8-10-15)16(3,4)6-2/h1,14-15,17H,6-13H2,2-4H3. The third kappa shape index (κ3) is 5.24. The van der Waals surface area contributed by atoms with E-state index in [0.29, 0.717) is 5.41 Å². The van der Waals surface area contributed by atoms with Crippen molar-refractivity contribution in [3.63, 3.8) is 0 Å². The van der Waals surface area contributed by atoms with Crippen LogP contribution in [0.5, 0.6) is 0 Å². The zero-order valence-electron chi connectivity index (χ0n) is 12.3. The molecule has 1 aliphatic carbocycles. The Morgan fingerprint density at radius 2 is 1.94 bits per heavy atom. The largest absolute Gasteiger partial charge is 0.313 e. The van der Waals surface area contributed by atoms with Crippen molar-refractivity contribution in [2.45, 2.75) is 58.9 Å². The summed E-state index contributed by atoms with van der Waals surface area (Å²) in [6, 6.07) is 0.750. The summed E-state index contributed by atoms with van der Waals surface area (Å²) < 4.78 is 0. The van der Waals surface area contributed by atoms with Crippen molar-refractivity contribution >= 4 is 11.8 Å². The molecule has 1 nitrogen and oxygen atoms in total. The van der Waals surface area contributed by atoms with Crippen molar-refractivity contribution in [3.8, 4) is 12.3 Å². The average Bonchev–Trinajstić information content (AvgIpc) is 2.39. The molecule has 0 aromatic carbocycles. The molecule has 0 saturated heterocycles. The van der Waals surface area contributed by atoms with Gasteiger partial charge in [0.05, 0.1) is 5.75 Å². The normalized spacial score (nSPS) is 24.8. The van der Waals surface area contributed by atoms with Crippen molar-refractivity contribution in [2.24, 2.45) is 11.3 Å². The molecule has 0 spiro atoms. The summed E-state index contributed by atoms with van der Waals surface area (Å²) >= 11 is 1.85. The fourth-order valence-electron chi connectivity index (χ4n) is 2.83. The Hall–Kier alpha value is -0.130. The Balaban J connectivity index is 2.14. The first-order chi connectivity index (χ1) is 8.60. The third-order valence-corrected chi connectivity index (χ3v) is 5.47. The number of thioether (sulfide) groups is 1. The SMILES string of the molecule is C#CCSCCNC1CCC(C(C)(C)CC)CC1. The van der Waals surface area contributed by atoms with Gasteiger partial charge >= 0.3 is 0 Å². The van der Waals surface area contributed by atoms with Gasteiger partial charge in [0.25, 0.3) is 0 Å². The Morgan fingerprint density at radius 1 is 1.28 bits per heavy atom. The summed E-state index contributed by atoms with van der Waals surface area (Å²) in [5, 5.41) is 3.68. The second-order valence-electron chi connectivity index (χ2n) is 6.10. The maximum atomic E-state index is 5.23.